The Balaban J connectivity index is 1.52. The van der Waals surface area contributed by atoms with Gasteiger partial charge in [0.05, 0.1) is 24.7 Å². The first-order chi connectivity index (χ1) is 15.4. The van der Waals surface area contributed by atoms with Gasteiger partial charge in [-0.15, -0.1) is 0 Å². The number of thioether (sulfide) groups is 1. The van der Waals surface area contributed by atoms with Gasteiger partial charge in [-0.25, -0.2) is 4.79 Å². The number of esters is 1. The number of ether oxygens (including phenoxy) is 2. The van der Waals surface area contributed by atoms with Crippen LogP contribution in [0.25, 0.3) is 6.08 Å². The number of carbonyl (C=O) groups is 3. The van der Waals surface area contributed by atoms with E-state index in [4.69, 9.17) is 17.0 Å². The highest BCUT2D eigenvalue weighted by atomic mass is 32.2. The molecule has 0 atom stereocenters. The Kier molecular flexibility index (Phi) is 8.02. The largest absolute Gasteiger partial charge is 0.497 e. The predicted octanol–water partition coefficient (Wildman–Crippen LogP) is 4.10. The number of carbonyl (C=O) groups excluding carboxylic acids is 3. The van der Waals surface area contributed by atoms with Crippen LogP contribution in [0.4, 0.5) is 5.69 Å². The number of hydrogen-bond acceptors (Lipinski definition) is 7. The molecule has 0 aromatic heterocycles. The second-order valence-electron chi connectivity index (χ2n) is 6.83. The molecule has 2 aromatic carbocycles. The van der Waals surface area contributed by atoms with Crippen molar-refractivity contribution in [2.24, 2.45) is 0 Å². The zero-order valence-corrected chi connectivity index (χ0v) is 19.3. The summed E-state index contributed by atoms with van der Waals surface area (Å²) in [4.78, 5) is 38.5. The van der Waals surface area contributed by atoms with Crippen molar-refractivity contribution < 1.29 is 23.9 Å². The zero-order valence-electron chi connectivity index (χ0n) is 17.6. The van der Waals surface area contributed by atoms with Crippen LogP contribution >= 0.6 is 24.0 Å². The summed E-state index contributed by atoms with van der Waals surface area (Å²) in [7, 11) is 2.90. The molecule has 2 amide bonds. The molecule has 1 N–H and O–H groups in total. The standard InChI is InChI=1S/C23H22N2O5S2/c1-29-18-11-9-17(10-12-18)24-20(26)4-3-13-25-21(27)19(32-23(25)31)14-15-5-7-16(8-6-15)22(28)30-2/h5-12,14H,3-4,13H2,1-2H3,(H,24,26)/b19-14-. The Hall–Kier alpha value is -3.17. The summed E-state index contributed by atoms with van der Waals surface area (Å²) in [5.74, 6) is -0.0295. The zero-order chi connectivity index (χ0) is 23.1. The average molecular weight is 471 g/mol. The van der Waals surface area contributed by atoms with Crippen LogP contribution in [0, 0.1) is 0 Å². The molecule has 32 heavy (non-hydrogen) atoms. The van der Waals surface area contributed by atoms with Gasteiger partial charge < -0.3 is 14.8 Å². The molecule has 7 nitrogen and oxygen atoms in total. The highest BCUT2D eigenvalue weighted by Gasteiger charge is 2.31. The van der Waals surface area contributed by atoms with E-state index in [2.05, 4.69) is 10.1 Å². The quantitative estimate of drug-likeness (QED) is 0.353. The summed E-state index contributed by atoms with van der Waals surface area (Å²) in [5, 5.41) is 2.82. The van der Waals surface area contributed by atoms with Crippen LogP contribution in [0.1, 0.15) is 28.8 Å². The molecular formula is C23H22N2O5S2. The van der Waals surface area contributed by atoms with Gasteiger partial charge in [0.1, 0.15) is 10.1 Å². The fourth-order valence-electron chi connectivity index (χ4n) is 2.97. The van der Waals surface area contributed by atoms with Crippen LogP contribution in [-0.4, -0.2) is 47.8 Å². The van der Waals surface area contributed by atoms with Crippen LogP contribution in [0.15, 0.2) is 53.4 Å². The van der Waals surface area contributed by atoms with Crippen molar-refractivity contribution in [1.82, 2.24) is 4.90 Å². The van der Waals surface area contributed by atoms with Gasteiger partial charge in [-0.1, -0.05) is 36.1 Å². The summed E-state index contributed by atoms with van der Waals surface area (Å²) in [6.07, 6.45) is 2.48. The Morgan fingerprint density at radius 3 is 2.41 bits per heavy atom. The van der Waals surface area contributed by atoms with Crippen molar-refractivity contribution in [3.63, 3.8) is 0 Å². The van der Waals surface area contributed by atoms with Gasteiger partial charge in [0.15, 0.2) is 0 Å². The SMILES string of the molecule is COC(=O)c1ccc(/C=C2\SC(=S)N(CCCC(=O)Nc3ccc(OC)cc3)C2=O)cc1. The molecule has 0 spiro atoms. The maximum atomic E-state index is 12.7. The lowest BCUT2D eigenvalue weighted by atomic mass is 10.1. The molecule has 0 unspecified atom stereocenters. The lowest BCUT2D eigenvalue weighted by Crippen LogP contribution is -2.29. The van der Waals surface area contributed by atoms with Gasteiger partial charge in [-0.3, -0.25) is 14.5 Å². The van der Waals surface area contributed by atoms with E-state index in [1.165, 1.54) is 23.8 Å². The molecule has 0 bridgehead atoms. The third-order valence-corrected chi connectivity index (χ3v) is 6.04. The van der Waals surface area contributed by atoms with Gasteiger partial charge in [0.25, 0.3) is 5.91 Å². The number of amides is 2. The first-order valence-corrected chi connectivity index (χ1v) is 11.0. The first kappa shape index (κ1) is 23.5. The molecule has 0 aliphatic carbocycles. The number of anilines is 1. The van der Waals surface area contributed by atoms with E-state index in [1.54, 1.807) is 61.7 Å². The lowest BCUT2D eigenvalue weighted by molar-refractivity contribution is -0.122. The van der Waals surface area contributed by atoms with E-state index in [0.29, 0.717) is 39.2 Å². The van der Waals surface area contributed by atoms with Crippen molar-refractivity contribution >= 4 is 57.8 Å². The molecule has 3 rings (SSSR count). The van der Waals surface area contributed by atoms with Crippen LogP contribution in [0.2, 0.25) is 0 Å². The van der Waals surface area contributed by atoms with E-state index in [1.807, 2.05) is 0 Å². The monoisotopic (exact) mass is 470 g/mol. The lowest BCUT2D eigenvalue weighted by Gasteiger charge is -2.14. The van der Waals surface area contributed by atoms with Gasteiger partial charge >= 0.3 is 5.97 Å². The van der Waals surface area contributed by atoms with E-state index in [-0.39, 0.29) is 18.2 Å². The first-order valence-electron chi connectivity index (χ1n) is 9.79. The van der Waals surface area contributed by atoms with Crippen LogP contribution in [-0.2, 0) is 14.3 Å². The van der Waals surface area contributed by atoms with E-state index in [0.717, 1.165) is 5.56 Å². The van der Waals surface area contributed by atoms with Crippen molar-refractivity contribution in [1.29, 1.82) is 0 Å². The fraction of sp³-hybridized carbons (Fsp3) is 0.217. The second kappa shape index (κ2) is 10.9. The molecule has 2 aromatic rings. The highest BCUT2D eigenvalue weighted by molar-refractivity contribution is 8.26. The summed E-state index contributed by atoms with van der Waals surface area (Å²) in [6, 6.07) is 13.8. The van der Waals surface area contributed by atoms with Crippen molar-refractivity contribution in [3.8, 4) is 5.75 Å². The molecule has 0 radical (unpaired) electrons. The molecule has 1 aliphatic rings. The van der Waals surface area contributed by atoms with Crippen molar-refractivity contribution in [3.05, 3.63) is 64.6 Å². The minimum absolute atomic E-state index is 0.137. The second-order valence-corrected chi connectivity index (χ2v) is 8.50. The topological polar surface area (TPSA) is 84.9 Å². The van der Waals surface area contributed by atoms with E-state index in [9.17, 15) is 14.4 Å². The summed E-state index contributed by atoms with van der Waals surface area (Å²) in [5.41, 5.74) is 1.89. The van der Waals surface area contributed by atoms with Gasteiger partial charge in [0.2, 0.25) is 5.91 Å². The Morgan fingerprint density at radius 1 is 1.09 bits per heavy atom. The predicted molar refractivity (Wildman–Crippen MR) is 129 cm³/mol. The van der Waals surface area contributed by atoms with E-state index < -0.39 is 5.97 Å². The normalized spacial score (nSPS) is 14.6. The fourth-order valence-corrected chi connectivity index (χ4v) is 4.28. The third-order valence-electron chi connectivity index (χ3n) is 4.66. The molecule has 1 heterocycles. The number of nitrogens with one attached hydrogen (secondary N) is 1. The molecule has 1 aliphatic heterocycles. The molecule has 0 saturated carbocycles. The number of rotatable bonds is 8. The molecular weight excluding hydrogens is 448 g/mol. The molecule has 166 valence electrons. The summed E-state index contributed by atoms with van der Waals surface area (Å²) < 4.78 is 10.2. The van der Waals surface area contributed by atoms with Crippen molar-refractivity contribution in [2.75, 3.05) is 26.1 Å². The Bertz CT molecular complexity index is 1050. The summed E-state index contributed by atoms with van der Waals surface area (Å²) >= 11 is 6.56. The minimum atomic E-state index is -0.418. The third kappa shape index (κ3) is 5.95. The Labute approximate surface area is 195 Å². The number of thiocarbonyl (C=S) groups is 1. The maximum Gasteiger partial charge on any atom is 0.337 e. The van der Waals surface area contributed by atoms with E-state index >= 15 is 0 Å². The number of nitrogens with zero attached hydrogens (tertiary/aromatic N) is 1. The average Bonchev–Trinajstić information content (AvgIpc) is 3.06. The van der Waals surface area contributed by atoms with Crippen molar-refractivity contribution in [2.45, 2.75) is 12.8 Å². The number of benzene rings is 2. The van der Waals surface area contributed by atoms with Crippen LogP contribution < -0.4 is 10.1 Å². The van der Waals surface area contributed by atoms with Crippen LogP contribution in [0.3, 0.4) is 0 Å². The number of hydrogen-bond donors (Lipinski definition) is 1. The smallest absolute Gasteiger partial charge is 0.337 e. The molecule has 1 saturated heterocycles. The van der Waals surface area contributed by atoms with Gasteiger partial charge in [-0.05, 0) is 54.5 Å². The minimum Gasteiger partial charge on any atom is -0.497 e. The van der Waals surface area contributed by atoms with Gasteiger partial charge in [-0.2, -0.15) is 0 Å². The van der Waals surface area contributed by atoms with Crippen LogP contribution in [0.5, 0.6) is 5.75 Å². The summed E-state index contributed by atoms with van der Waals surface area (Å²) in [6.45, 7) is 0.360. The maximum absolute atomic E-state index is 12.7. The molecule has 1 fully saturated rings. The van der Waals surface area contributed by atoms with Gasteiger partial charge in [0, 0.05) is 18.7 Å². The number of methoxy groups -OCH3 is 2. The molecule has 9 heteroatoms. The Morgan fingerprint density at radius 2 is 1.78 bits per heavy atom. The highest BCUT2D eigenvalue weighted by Crippen LogP contribution is 2.32.